The standard InChI is InChI=1S/3C26H26N.3C11H8N.3Ir/c1-25(2)13-14-26(3,4)23-22(25)12-15-27-24(23)20-11-7-10-19-18-9-6-5-8-17(18)16-21(19)20;1-25(2)12-13-26(3,4)23-16-27-24(15-22(23)25)20-11-7-10-19-18-9-6-5-8-17(18)14-21(19)20;1-25(2)14-15-26(3,4)24-22(25)12-13-23(27-24)20-11-7-10-19-18-9-6-5-8-17(18)16-21(19)20;3*1-2-6-10(7-3-1)11-8-4-5-9-12-11;;;/h5-10,12,15H,13-14,16H2,1-4H3;5-10,15-16H,12-14H2,1-4H3;5-10,12-13H,14-16H2,1-4H3;3*1-6,8-9H;;;/q6*-1;;;. The fourth-order valence-corrected chi connectivity index (χ4v) is 18.1. The smallest absolute Gasteiger partial charge is 0.0390 e. The second-order valence-corrected chi connectivity index (χ2v) is 35.8. The van der Waals surface area contributed by atoms with E-state index in [4.69, 9.17) is 15.0 Å². The molecule has 0 atom stereocenters. The molecule has 9 aromatic carbocycles. The van der Waals surface area contributed by atoms with Crippen LogP contribution in [0.2, 0.25) is 0 Å². The van der Waals surface area contributed by atoms with E-state index < -0.39 is 0 Å². The molecule has 6 aliphatic carbocycles. The molecule has 21 rings (SSSR count). The van der Waals surface area contributed by atoms with E-state index in [2.05, 4.69) is 274 Å². The number of hydrogen-bond acceptors (Lipinski definition) is 6. The third-order valence-electron chi connectivity index (χ3n) is 25.1. The molecular formula is C111H102Ir3N6-6. The van der Waals surface area contributed by atoms with Gasteiger partial charge in [0.1, 0.15) is 0 Å². The summed E-state index contributed by atoms with van der Waals surface area (Å²) in [6, 6.07) is 109. The van der Waals surface area contributed by atoms with Crippen molar-refractivity contribution in [3.63, 3.8) is 0 Å². The van der Waals surface area contributed by atoms with Gasteiger partial charge in [0.25, 0.3) is 0 Å². The minimum absolute atomic E-state index is 0. The molecule has 6 nitrogen and oxygen atoms in total. The van der Waals surface area contributed by atoms with Gasteiger partial charge < -0.3 is 29.9 Å². The quantitative estimate of drug-likeness (QED) is 0.154. The zero-order valence-corrected chi connectivity index (χ0v) is 77.9. The average Bonchev–Trinajstić information content (AvgIpc) is 1.17. The number of hydrogen-bond donors (Lipinski definition) is 0. The molecule has 120 heavy (non-hydrogen) atoms. The van der Waals surface area contributed by atoms with Crippen LogP contribution in [0.15, 0.2) is 292 Å². The van der Waals surface area contributed by atoms with Gasteiger partial charge in [0.15, 0.2) is 0 Å². The fraction of sp³-hybridized carbons (Fsp3) is 0.243. The maximum absolute atomic E-state index is 5.24. The van der Waals surface area contributed by atoms with Gasteiger partial charge in [0, 0.05) is 102 Å². The van der Waals surface area contributed by atoms with E-state index in [9.17, 15) is 0 Å². The molecule has 0 N–H and O–H groups in total. The van der Waals surface area contributed by atoms with Gasteiger partial charge in [-0.3, -0.25) is 0 Å². The Morgan fingerprint density at radius 1 is 0.258 bits per heavy atom. The Labute approximate surface area is 753 Å². The van der Waals surface area contributed by atoms with Crippen LogP contribution < -0.4 is 0 Å². The van der Waals surface area contributed by atoms with Gasteiger partial charge in [0.05, 0.1) is 0 Å². The Morgan fingerprint density at radius 2 is 0.633 bits per heavy atom. The topological polar surface area (TPSA) is 77.3 Å². The molecule has 0 amide bonds. The van der Waals surface area contributed by atoms with Crippen molar-refractivity contribution in [2.24, 2.45) is 0 Å². The molecule has 6 aromatic heterocycles. The van der Waals surface area contributed by atoms with Crippen LogP contribution >= 0.6 is 0 Å². The van der Waals surface area contributed by atoms with Crippen molar-refractivity contribution in [1.29, 1.82) is 0 Å². The fourth-order valence-electron chi connectivity index (χ4n) is 18.1. The summed E-state index contributed by atoms with van der Waals surface area (Å²) in [6.07, 6.45) is 19.7. The second-order valence-electron chi connectivity index (χ2n) is 35.8. The van der Waals surface area contributed by atoms with Crippen LogP contribution in [0.4, 0.5) is 0 Å². The predicted octanol–water partition coefficient (Wildman–Crippen LogP) is 27.0. The van der Waals surface area contributed by atoms with Crippen LogP contribution in [0.3, 0.4) is 0 Å². The molecule has 0 spiro atoms. The molecule has 9 heteroatoms. The molecule has 0 saturated carbocycles. The van der Waals surface area contributed by atoms with Gasteiger partial charge >= 0.3 is 0 Å². The summed E-state index contributed by atoms with van der Waals surface area (Å²) in [7, 11) is 0. The molecule has 6 aliphatic rings. The maximum atomic E-state index is 5.24. The summed E-state index contributed by atoms with van der Waals surface area (Å²) in [5.74, 6) is 0. The minimum atomic E-state index is 0. The number of pyridine rings is 6. The van der Waals surface area contributed by atoms with Crippen LogP contribution in [-0.4, -0.2) is 29.9 Å². The van der Waals surface area contributed by atoms with E-state index in [1.807, 2.05) is 134 Å². The number of rotatable bonds is 6. The first-order chi connectivity index (χ1) is 56.5. The first-order valence-corrected chi connectivity index (χ1v) is 41.6. The zero-order valence-electron chi connectivity index (χ0n) is 70.8. The summed E-state index contributed by atoms with van der Waals surface area (Å²) in [6.45, 7) is 28.3. The van der Waals surface area contributed by atoms with Gasteiger partial charge in [-0.2, -0.15) is 0 Å². The molecule has 15 aromatic rings. The van der Waals surface area contributed by atoms with Crippen LogP contribution in [0.1, 0.15) is 189 Å². The molecular weight excluding hydrogens is 1990 g/mol. The van der Waals surface area contributed by atoms with Crippen molar-refractivity contribution in [2.75, 3.05) is 0 Å². The molecule has 0 bridgehead atoms. The van der Waals surface area contributed by atoms with E-state index in [0.717, 1.165) is 70.1 Å². The largest absolute Gasteiger partial charge is 0.305 e. The number of fused-ring (bicyclic) bond motifs is 12. The van der Waals surface area contributed by atoms with Crippen LogP contribution in [0, 0.1) is 36.4 Å². The van der Waals surface area contributed by atoms with Crippen LogP contribution in [0.25, 0.3) is 101 Å². The Hall–Kier alpha value is -10.2. The SMILES string of the molecule is CC1(C)CCC(C)(C)c2c1ccnc2-c1[c-]ccc2c1Cc1ccccc1-2.CC1(C)CCC(C)(C)c2cc(-c3[c-]ccc4c3Cc3ccccc3-4)ncc21.CC1(C)CCC(C)(C)c2nc(-c3[c-]ccc4c3Cc3ccccc3-4)ccc21.[Ir].[Ir].[Ir].[c-]1ccccc1-c1ccccn1.[c-]1ccccc1-c1ccccn1.[c-]1ccccc1-c1ccccn1. The number of benzene rings is 9. The van der Waals surface area contributed by atoms with Gasteiger partial charge in [-0.25, -0.2) is 0 Å². The molecule has 0 aliphatic heterocycles. The van der Waals surface area contributed by atoms with Crippen molar-refractivity contribution < 1.29 is 60.3 Å². The van der Waals surface area contributed by atoms with Crippen LogP contribution in [0.5, 0.6) is 0 Å². The summed E-state index contributed by atoms with van der Waals surface area (Å²) < 4.78 is 0. The Balaban J connectivity index is 0.000000128. The maximum Gasteiger partial charge on any atom is 0.0390 e. The Kier molecular flexibility index (Phi) is 27.1. The monoisotopic (exact) mass is 2100 g/mol. The molecule has 0 unspecified atom stereocenters. The Bertz CT molecular complexity index is 5560. The van der Waals surface area contributed by atoms with Crippen molar-refractivity contribution in [1.82, 2.24) is 29.9 Å². The number of aromatic nitrogens is 6. The van der Waals surface area contributed by atoms with Crippen molar-refractivity contribution >= 4 is 0 Å². The normalized spacial score (nSPS) is 15.4. The average molecular weight is 2100 g/mol. The van der Waals surface area contributed by atoms with Gasteiger partial charge in [0.2, 0.25) is 0 Å². The van der Waals surface area contributed by atoms with Crippen molar-refractivity contribution in [2.45, 2.75) is 173 Å². The molecule has 3 radical (unpaired) electrons. The summed E-state index contributed by atoms with van der Waals surface area (Å²) in [5, 5.41) is 0. The zero-order chi connectivity index (χ0) is 81.1. The van der Waals surface area contributed by atoms with Crippen molar-refractivity contribution in [3.05, 3.63) is 395 Å². The molecule has 609 valence electrons. The van der Waals surface area contributed by atoms with E-state index in [1.165, 1.54) is 155 Å². The van der Waals surface area contributed by atoms with Gasteiger partial charge in [-0.05, 0) is 199 Å². The second kappa shape index (κ2) is 37.0. The van der Waals surface area contributed by atoms with E-state index in [-0.39, 0.29) is 92.8 Å². The van der Waals surface area contributed by atoms with E-state index in [1.54, 1.807) is 18.6 Å². The minimum Gasteiger partial charge on any atom is -0.305 e. The van der Waals surface area contributed by atoms with E-state index >= 15 is 0 Å². The molecule has 0 fully saturated rings. The molecule has 0 saturated heterocycles. The van der Waals surface area contributed by atoms with Crippen LogP contribution in [-0.2, 0) is 112 Å². The first kappa shape index (κ1) is 87.6. The third-order valence-corrected chi connectivity index (χ3v) is 25.1. The predicted molar refractivity (Wildman–Crippen MR) is 482 cm³/mol. The summed E-state index contributed by atoms with van der Waals surface area (Å²) >= 11 is 0. The van der Waals surface area contributed by atoms with Gasteiger partial charge in [-0.15, -0.1) is 196 Å². The summed E-state index contributed by atoms with van der Waals surface area (Å²) in [4.78, 5) is 27.8. The van der Waals surface area contributed by atoms with Crippen molar-refractivity contribution in [3.8, 4) is 101 Å². The summed E-state index contributed by atoms with van der Waals surface area (Å²) in [5.41, 5.74) is 38.9. The van der Waals surface area contributed by atoms with Gasteiger partial charge in [-0.1, -0.05) is 233 Å². The first-order valence-electron chi connectivity index (χ1n) is 41.6. The van der Waals surface area contributed by atoms with E-state index in [0.29, 0.717) is 0 Å². The third kappa shape index (κ3) is 18.5. The number of nitrogens with zero attached hydrogens (tertiary/aromatic N) is 6. The Morgan fingerprint density at radius 3 is 1.07 bits per heavy atom. The molecule has 6 heterocycles.